The largest absolute Gasteiger partial charge is 0.479 e. The van der Waals surface area contributed by atoms with Crippen LogP contribution in [0.2, 0.25) is 0 Å². The Labute approximate surface area is 103 Å². The fraction of sp³-hybridized carbons (Fsp3) is 0.667. The highest BCUT2D eigenvalue weighted by Crippen LogP contribution is 2.28. The number of methoxy groups -OCH3 is 1. The summed E-state index contributed by atoms with van der Waals surface area (Å²) in [5.41, 5.74) is 6.47. The monoisotopic (exact) mass is 238 g/mol. The fourth-order valence-electron chi connectivity index (χ4n) is 1.86. The Balaban J connectivity index is 2.92. The van der Waals surface area contributed by atoms with Crippen molar-refractivity contribution in [1.82, 2.24) is 9.97 Å². The standard InChI is InChI=1S/C12H22N4O/c1-8(2)6-9(3)16(4)11-10(13)12(17-5)15-7-14-11/h7-9H,6,13H2,1-5H3. The number of anilines is 2. The Morgan fingerprint density at radius 3 is 2.53 bits per heavy atom. The third kappa shape index (κ3) is 3.22. The summed E-state index contributed by atoms with van der Waals surface area (Å²) < 4.78 is 5.09. The summed E-state index contributed by atoms with van der Waals surface area (Å²) in [6, 6.07) is 0.372. The van der Waals surface area contributed by atoms with Gasteiger partial charge in [0.25, 0.3) is 0 Å². The first-order valence-electron chi connectivity index (χ1n) is 5.84. The molecule has 0 saturated heterocycles. The number of rotatable bonds is 5. The number of nitrogens with two attached hydrogens (primary N) is 1. The van der Waals surface area contributed by atoms with Crippen LogP contribution in [0.1, 0.15) is 27.2 Å². The average molecular weight is 238 g/mol. The van der Waals surface area contributed by atoms with E-state index in [1.54, 1.807) is 7.11 Å². The second-order valence-corrected chi connectivity index (χ2v) is 4.71. The van der Waals surface area contributed by atoms with Crippen LogP contribution >= 0.6 is 0 Å². The molecule has 1 aromatic heterocycles. The fourth-order valence-corrected chi connectivity index (χ4v) is 1.86. The van der Waals surface area contributed by atoms with Crippen molar-refractivity contribution in [2.24, 2.45) is 5.92 Å². The van der Waals surface area contributed by atoms with Crippen LogP contribution in [0.5, 0.6) is 5.88 Å². The van der Waals surface area contributed by atoms with Crippen molar-refractivity contribution >= 4 is 11.5 Å². The van der Waals surface area contributed by atoms with Gasteiger partial charge < -0.3 is 15.4 Å². The number of aromatic nitrogens is 2. The first-order chi connectivity index (χ1) is 7.97. The van der Waals surface area contributed by atoms with E-state index in [1.165, 1.54) is 6.33 Å². The quantitative estimate of drug-likeness (QED) is 0.849. The van der Waals surface area contributed by atoms with E-state index in [0.29, 0.717) is 23.5 Å². The van der Waals surface area contributed by atoms with Gasteiger partial charge in [-0.1, -0.05) is 13.8 Å². The summed E-state index contributed by atoms with van der Waals surface area (Å²) in [6.07, 6.45) is 2.56. The van der Waals surface area contributed by atoms with Crippen molar-refractivity contribution in [3.8, 4) is 5.88 Å². The van der Waals surface area contributed by atoms with Crippen molar-refractivity contribution < 1.29 is 4.74 Å². The summed E-state index contributed by atoms with van der Waals surface area (Å²) in [7, 11) is 3.55. The topological polar surface area (TPSA) is 64.3 Å². The van der Waals surface area contributed by atoms with Gasteiger partial charge in [-0.05, 0) is 19.3 Å². The maximum absolute atomic E-state index is 5.97. The van der Waals surface area contributed by atoms with E-state index in [-0.39, 0.29) is 0 Å². The van der Waals surface area contributed by atoms with E-state index in [9.17, 15) is 0 Å². The number of hydrogen-bond acceptors (Lipinski definition) is 5. The van der Waals surface area contributed by atoms with Gasteiger partial charge in [0.2, 0.25) is 5.88 Å². The Hall–Kier alpha value is -1.52. The van der Waals surface area contributed by atoms with Gasteiger partial charge in [0.05, 0.1) is 7.11 Å². The molecule has 1 aromatic rings. The van der Waals surface area contributed by atoms with Gasteiger partial charge >= 0.3 is 0 Å². The molecule has 0 radical (unpaired) electrons. The zero-order valence-corrected chi connectivity index (χ0v) is 11.3. The molecule has 0 fully saturated rings. The van der Waals surface area contributed by atoms with Crippen LogP contribution in [0.25, 0.3) is 0 Å². The second-order valence-electron chi connectivity index (χ2n) is 4.71. The summed E-state index contributed by atoms with van der Waals surface area (Å²) in [5, 5.41) is 0. The Morgan fingerprint density at radius 2 is 2.00 bits per heavy atom. The molecular weight excluding hydrogens is 216 g/mol. The molecule has 0 spiro atoms. The third-order valence-electron chi connectivity index (χ3n) is 2.83. The van der Waals surface area contributed by atoms with Crippen molar-refractivity contribution in [3.05, 3.63) is 6.33 Å². The number of ether oxygens (including phenoxy) is 1. The lowest BCUT2D eigenvalue weighted by atomic mass is 10.0. The van der Waals surface area contributed by atoms with E-state index in [1.807, 2.05) is 7.05 Å². The minimum absolute atomic E-state index is 0.372. The van der Waals surface area contributed by atoms with Crippen LogP contribution < -0.4 is 15.4 Å². The van der Waals surface area contributed by atoms with E-state index in [4.69, 9.17) is 10.5 Å². The minimum atomic E-state index is 0.372. The van der Waals surface area contributed by atoms with Gasteiger partial charge in [0.15, 0.2) is 5.82 Å². The Bertz CT molecular complexity index is 368. The molecular formula is C12H22N4O. The predicted molar refractivity (Wildman–Crippen MR) is 70.3 cm³/mol. The zero-order valence-electron chi connectivity index (χ0n) is 11.3. The first-order valence-corrected chi connectivity index (χ1v) is 5.84. The van der Waals surface area contributed by atoms with Crippen molar-refractivity contribution in [2.45, 2.75) is 33.2 Å². The molecule has 0 saturated carbocycles. The normalized spacial score (nSPS) is 12.6. The van der Waals surface area contributed by atoms with Crippen LogP contribution in [0.4, 0.5) is 11.5 Å². The van der Waals surface area contributed by atoms with Gasteiger partial charge in [0.1, 0.15) is 12.0 Å². The van der Waals surface area contributed by atoms with Crippen LogP contribution in [0.3, 0.4) is 0 Å². The number of hydrogen-bond donors (Lipinski definition) is 1. The van der Waals surface area contributed by atoms with Crippen LogP contribution in [0, 0.1) is 5.92 Å². The molecule has 1 rings (SSSR count). The Kier molecular flexibility index (Phi) is 4.54. The zero-order chi connectivity index (χ0) is 13.0. The lowest BCUT2D eigenvalue weighted by molar-refractivity contribution is 0.399. The third-order valence-corrected chi connectivity index (χ3v) is 2.83. The van der Waals surface area contributed by atoms with E-state index in [0.717, 1.165) is 12.2 Å². The molecule has 2 N–H and O–H groups in total. The summed E-state index contributed by atoms with van der Waals surface area (Å²) >= 11 is 0. The maximum atomic E-state index is 5.97. The molecule has 5 nitrogen and oxygen atoms in total. The van der Waals surface area contributed by atoms with Gasteiger partial charge in [0, 0.05) is 13.1 Å². The molecule has 0 aliphatic rings. The van der Waals surface area contributed by atoms with Gasteiger partial charge in [-0.3, -0.25) is 0 Å². The van der Waals surface area contributed by atoms with Crippen LogP contribution in [-0.4, -0.2) is 30.2 Å². The molecule has 1 atom stereocenters. The van der Waals surface area contributed by atoms with E-state index < -0.39 is 0 Å². The number of nitrogen functional groups attached to an aromatic ring is 1. The van der Waals surface area contributed by atoms with E-state index >= 15 is 0 Å². The smallest absolute Gasteiger partial charge is 0.242 e. The molecule has 1 heterocycles. The lowest BCUT2D eigenvalue weighted by Gasteiger charge is -2.28. The molecule has 0 aromatic carbocycles. The predicted octanol–water partition coefficient (Wildman–Crippen LogP) is 1.94. The Morgan fingerprint density at radius 1 is 1.35 bits per heavy atom. The molecule has 1 unspecified atom stereocenters. The van der Waals surface area contributed by atoms with Gasteiger partial charge in [-0.2, -0.15) is 4.98 Å². The first kappa shape index (κ1) is 13.5. The number of nitrogens with zero attached hydrogens (tertiary/aromatic N) is 3. The minimum Gasteiger partial charge on any atom is -0.479 e. The van der Waals surface area contributed by atoms with E-state index in [2.05, 4.69) is 35.6 Å². The summed E-state index contributed by atoms with van der Waals surface area (Å²) in [5.74, 6) is 1.79. The molecule has 0 bridgehead atoms. The van der Waals surface area contributed by atoms with Gasteiger partial charge in [-0.25, -0.2) is 4.98 Å². The summed E-state index contributed by atoms with van der Waals surface area (Å²) in [6.45, 7) is 6.57. The molecule has 5 heteroatoms. The van der Waals surface area contributed by atoms with Crippen molar-refractivity contribution in [3.63, 3.8) is 0 Å². The SMILES string of the molecule is COc1ncnc(N(C)C(C)CC(C)C)c1N. The highest BCUT2D eigenvalue weighted by molar-refractivity contribution is 5.67. The maximum Gasteiger partial charge on any atom is 0.242 e. The molecule has 0 aliphatic heterocycles. The van der Waals surface area contributed by atoms with Crippen molar-refractivity contribution in [2.75, 3.05) is 24.8 Å². The molecule has 17 heavy (non-hydrogen) atoms. The second kappa shape index (κ2) is 5.70. The van der Waals surface area contributed by atoms with Crippen LogP contribution in [0.15, 0.2) is 6.33 Å². The summed E-state index contributed by atoms with van der Waals surface area (Å²) in [4.78, 5) is 10.3. The highest BCUT2D eigenvalue weighted by Gasteiger charge is 2.17. The van der Waals surface area contributed by atoms with Crippen LogP contribution in [-0.2, 0) is 0 Å². The van der Waals surface area contributed by atoms with Gasteiger partial charge in [-0.15, -0.1) is 0 Å². The molecule has 0 aliphatic carbocycles. The molecule has 0 amide bonds. The lowest BCUT2D eigenvalue weighted by Crippen LogP contribution is -2.31. The average Bonchev–Trinajstić information content (AvgIpc) is 2.27. The van der Waals surface area contributed by atoms with Crippen molar-refractivity contribution in [1.29, 1.82) is 0 Å². The highest BCUT2D eigenvalue weighted by atomic mass is 16.5. The molecule has 96 valence electrons.